The molecule has 0 bridgehead atoms. The zero-order valence-corrected chi connectivity index (χ0v) is 10.1. The average Bonchev–Trinajstić information content (AvgIpc) is 2.14. The summed E-state index contributed by atoms with van der Waals surface area (Å²) < 4.78 is 5.09. The van der Waals surface area contributed by atoms with Crippen LogP contribution in [-0.4, -0.2) is 30.1 Å². The minimum absolute atomic E-state index is 0.281. The molecule has 0 radical (unpaired) electrons. The predicted octanol–water partition coefficient (Wildman–Crippen LogP) is 0.348. The lowest BCUT2D eigenvalue weighted by atomic mass is 10.1. The van der Waals surface area contributed by atoms with Crippen LogP contribution in [0.3, 0.4) is 0 Å². The van der Waals surface area contributed by atoms with E-state index in [1.54, 1.807) is 20.8 Å². The number of hydrogen-bond donors (Lipinski definition) is 2. The molecule has 0 saturated carbocycles. The van der Waals surface area contributed by atoms with Crippen molar-refractivity contribution >= 4 is 11.9 Å². The van der Waals surface area contributed by atoms with Crippen LogP contribution in [0.25, 0.3) is 0 Å². The van der Waals surface area contributed by atoms with Gasteiger partial charge in [0.15, 0.2) is 0 Å². The summed E-state index contributed by atoms with van der Waals surface area (Å²) in [6.45, 7) is 8.96. The first-order chi connectivity index (χ1) is 7.26. The predicted molar refractivity (Wildman–Crippen MR) is 61.6 cm³/mol. The van der Waals surface area contributed by atoms with Gasteiger partial charge in [-0.25, -0.2) is 0 Å². The Hall–Kier alpha value is -1.36. The average molecular weight is 228 g/mol. The fourth-order valence-electron chi connectivity index (χ4n) is 0.918. The van der Waals surface area contributed by atoms with Crippen LogP contribution in [0, 0.1) is 0 Å². The Bertz CT molecular complexity index is 269. The number of ether oxygens (including phenoxy) is 1. The fraction of sp³-hybridized carbons (Fsp3) is 0.636. The smallest absolute Gasteiger partial charge is 0.323 e. The maximum Gasteiger partial charge on any atom is 0.323 e. The Balaban J connectivity index is 3.88. The highest BCUT2D eigenvalue weighted by molar-refractivity contribution is 5.86. The van der Waals surface area contributed by atoms with E-state index in [2.05, 4.69) is 11.9 Å². The van der Waals surface area contributed by atoms with Crippen molar-refractivity contribution in [1.82, 2.24) is 5.32 Å². The number of rotatable bonds is 5. The Morgan fingerprint density at radius 1 is 1.50 bits per heavy atom. The van der Waals surface area contributed by atoms with Crippen molar-refractivity contribution in [3.8, 4) is 0 Å². The van der Waals surface area contributed by atoms with E-state index in [0.717, 1.165) is 0 Å². The van der Waals surface area contributed by atoms with E-state index in [0.29, 0.717) is 13.0 Å². The normalized spacial score (nSPS) is 12.8. The van der Waals surface area contributed by atoms with Gasteiger partial charge in [0.2, 0.25) is 5.91 Å². The molecular weight excluding hydrogens is 208 g/mol. The van der Waals surface area contributed by atoms with Gasteiger partial charge in [0.1, 0.15) is 11.6 Å². The standard InChI is InChI=1S/C11H20N2O3/c1-5-9(14)13-7-6-8(12)10(15)16-11(2,3)4/h5,8H,1,6-7,12H2,2-4H3,(H,13,14). The van der Waals surface area contributed by atoms with E-state index in [9.17, 15) is 9.59 Å². The van der Waals surface area contributed by atoms with E-state index in [1.807, 2.05) is 0 Å². The summed E-state index contributed by atoms with van der Waals surface area (Å²) in [5, 5.41) is 2.54. The number of esters is 1. The highest BCUT2D eigenvalue weighted by Crippen LogP contribution is 2.08. The number of nitrogens with one attached hydrogen (secondary N) is 1. The summed E-state index contributed by atoms with van der Waals surface area (Å²) >= 11 is 0. The highest BCUT2D eigenvalue weighted by Gasteiger charge is 2.21. The van der Waals surface area contributed by atoms with Crippen molar-refractivity contribution in [3.05, 3.63) is 12.7 Å². The molecule has 5 heteroatoms. The first-order valence-corrected chi connectivity index (χ1v) is 5.15. The molecule has 0 aliphatic rings. The highest BCUT2D eigenvalue weighted by atomic mass is 16.6. The molecule has 0 aromatic rings. The summed E-state index contributed by atoms with van der Waals surface area (Å²) in [5.74, 6) is -0.739. The minimum atomic E-state index is -0.718. The Morgan fingerprint density at radius 3 is 2.50 bits per heavy atom. The lowest BCUT2D eigenvalue weighted by Crippen LogP contribution is -2.39. The topological polar surface area (TPSA) is 81.4 Å². The number of amides is 1. The molecule has 3 N–H and O–H groups in total. The molecule has 1 atom stereocenters. The molecule has 0 aromatic carbocycles. The van der Waals surface area contributed by atoms with E-state index in [1.165, 1.54) is 6.08 Å². The van der Waals surface area contributed by atoms with Crippen molar-refractivity contribution in [1.29, 1.82) is 0 Å². The first kappa shape index (κ1) is 14.6. The number of carbonyl (C=O) groups is 2. The zero-order valence-electron chi connectivity index (χ0n) is 10.1. The van der Waals surface area contributed by atoms with Gasteiger partial charge in [-0.3, -0.25) is 9.59 Å². The molecule has 92 valence electrons. The monoisotopic (exact) mass is 228 g/mol. The van der Waals surface area contributed by atoms with Gasteiger partial charge < -0.3 is 15.8 Å². The molecule has 0 spiro atoms. The molecule has 0 rings (SSSR count). The number of carbonyl (C=O) groups excluding carboxylic acids is 2. The Morgan fingerprint density at radius 2 is 2.06 bits per heavy atom. The Kier molecular flexibility index (Phi) is 5.74. The SMILES string of the molecule is C=CC(=O)NCCC(N)C(=O)OC(C)(C)C. The van der Waals surface area contributed by atoms with Gasteiger partial charge in [-0.2, -0.15) is 0 Å². The third-order valence-corrected chi connectivity index (χ3v) is 1.65. The van der Waals surface area contributed by atoms with E-state index < -0.39 is 17.6 Å². The van der Waals surface area contributed by atoms with Crippen LogP contribution >= 0.6 is 0 Å². The Labute approximate surface area is 96.0 Å². The van der Waals surface area contributed by atoms with Crippen molar-refractivity contribution in [2.45, 2.75) is 38.8 Å². The molecule has 16 heavy (non-hydrogen) atoms. The van der Waals surface area contributed by atoms with Gasteiger partial charge in [0, 0.05) is 6.54 Å². The maximum absolute atomic E-state index is 11.4. The number of hydrogen-bond acceptors (Lipinski definition) is 4. The quantitative estimate of drug-likeness (QED) is 0.525. The van der Waals surface area contributed by atoms with Gasteiger partial charge in [-0.15, -0.1) is 0 Å². The molecule has 0 saturated heterocycles. The molecule has 0 heterocycles. The second kappa shape index (κ2) is 6.27. The van der Waals surface area contributed by atoms with E-state index in [4.69, 9.17) is 10.5 Å². The lowest BCUT2D eigenvalue weighted by Gasteiger charge is -2.22. The van der Waals surface area contributed by atoms with Crippen LogP contribution in [-0.2, 0) is 14.3 Å². The van der Waals surface area contributed by atoms with Crippen molar-refractivity contribution in [2.75, 3.05) is 6.54 Å². The molecule has 0 fully saturated rings. The number of nitrogens with two attached hydrogens (primary N) is 1. The van der Waals surface area contributed by atoms with Crippen molar-refractivity contribution < 1.29 is 14.3 Å². The van der Waals surface area contributed by atoms with Gasteiger partial charge in [0.05, 0.1) is 0 Å². The molecule has 1 amide bonds. The largest absolute Gasteiger partial charge is 0.459 e. The molecule has 1 unspecified atom stereocenters. The van der Waals surface area contributed by atoms with E-state index in [-0.39, 0.29) is 5.91 Å². The zero-order chi connectivity index (χ0) is 12.8. The summed E-state index contributed by atoms with van der Waals surface area (Å²) in [4.78, 5) is 22.2. The van der Waals surface area contributed by atoms with Crippen LogP contribution < -0.4 is 11.1 Å². The van der Waals surface area contributed by atoms with Gasteiger partial charge in [-0.05, 0) is 33.3 Å². The minimum Gasteiger partial charge on any atom is -0.459 e. The van der Waals surface area contributed by atoms with Crippen LogP contribution in [0.4, 0.5) is 0 Å². The summed E-state index contributed by atoms with van der Waals surface area (Å²) in [7, 11) is 0. The summed E-state index contributed by atoms with van der Waals surface area (Å²) in [5.41, 5.74) is 5.06. The fourth-order valence-corrected chi connectivity index (χ4v) is 0.918. The molecule has 5 nitrogen and oxygen atoms in total. The van der Waals surface area contributed by atoms with Crippen LogP contribution in [0.5, 0.6) is 0 Å². The molecular formula is C11H20N2O3. The van der Waals surface area contributed by atoms with E-state index >= 15 is 0 Å². The third-order valence-electron chi connectivity index (χ3n) is 1.65. The van der Waals surface area contributed by atoms with Gasteiger partial charge in [0.25, 0.3) is 0 Å². The summed E-state index contributed by atoms with van der Waals surface area (Å²) in [6, 6.07) is -0.718. The van der Waals surface area contributed by atoms with Gasteiger partial charge in [-0.1, -0.05) is 6.58 Å². The van der Waals surface area contributed by atoms with Crippen LogP contribution in [0.2, 0.25) is 0 Å². The second-order valence-corrected chi connectivity index (χ2v) is 4.42. The lowest BCUT2D eigenvalue weighted by molar-refractivity contribution is -0.156. The van der Waals surface area contributed by atoms with Crippen molar-refractivity contribution in [3.63, 3.8) is 0 Å². The third kappa shape index (κ3) is 7.00. The maximum atomic E-state index is 11.4. The first-order valence-electron chi connectivity index (χ1n) is 5.15. The summed E-state index contributed by atoms with van der Waals surface area (Å²) in [6.07, 6.45) is 1.51. The van der Waals surface area contributed by atoms with Crippen LogP contribution in [0.1, 0.15) is 27.2 Å². The second-order valence-electron chi connectivity index (χ2n) is 4.42. The molecule has 0 aromatic heterocycles. The van der Waals surface area contributed by atoms with Crippen molar-refractivity contribution in [2.24, 2.45) is 5.73 Å². The molecule has 0 aliphatic carbocycles. The molecule has 0 aliphatic heterocycles. The van der Waals surface area contributed by atoms with Gasteiger partial charge >= 0.3 is 5.97 Å². The van der Waals surface area contributed by atoms with Crippen LogP contribution in [0.15, 0.2) is 12.7 Å².